The molecular formula is C11H8BrNO2S. The number of nitrogens with zero attached hydrogens (tertiary/aromatic N) is 1. The summed E-state index contributed by atoms with van der Waals surface area (Å²) >= 11 is 4.79. The fraction of sp³-hybridized carbons (Fsp3) is 0.0909. The lowest BCUT2D eigenvalue weighted by molar-refractivity contribution is 0.0596. The van der Waals surface area contributed by atoms with Gasteiger partial charge in [0.15, 0.2) is 5.69 Å². The summed E-state index contributed by atoms with van der Waals surface area (Å²) in [5.74, 6) is -0.404. The molecule has 2 aromatic rings. The van der Waals surface area contributed by atoms with Crippen molar-refractivity contribution < 1.29 is 9.53 Å². The first kappa shape index (κ1) is 11.3. The largest absolute Gasteiger partial charge is 0.464 e. The molecule has 0 bridgehead atoms. The SMILES string of the molecule is COC(=O)c1ncsc1-c1ccc(Br)cc1. The fourth-order valence-corrected chi connectivity index (χ4v) is 2.34. The lowest BCUT2D eigenvalue weighted by Crippen LogP contribution is -2.02. The zero-order valence-corrected chi connectivity index (χ0v) is 10.8. The van der Waals surface area contributed by atoms with Gasteiger partial charge in [0.25, 0.3) is 0 Å². The van der Waals surface area contributed by atoms with Crippen LogP contribution in [0.4, 0.5) is 0 Å². The lowest BCUT2D eigenvalue weighted by Gasteiger charge is -2.01. The predicted molar refractivity (Wildman–Crippen MR) is 66.6 cm³/mol. The maximum Gasteiger partial charge on any atom is 0.358 e. The van der Waals surface area contributed by atoms with Crippen LogP contribution in [-0.4, -0.2) is 18.1 Å². The van der Waals surface area contributed by atoms with Crippen molar-refractivity contribution in [1.82, 2.24) is 4.98 Å². The summed E-state index contributed by atoms with van der Waals surface area (Å²) in [4.78, 5) is 16.3. The van der Waals surface area contributed by atoms with E-state index < -0.39 is 5.97 Å². The third-order valence-electron chi connectivity index (χ3n) is 2.05. The molecule has 0 saturated carbocycles. The first-order valence-electron chi connectivity index (χ1n) is 4.50. The lowest BCUT2D eigenvalue weighted by atomic mass is 10.1. The number of esters is 1. The summed E-state index contributed by atoms with van der Waals surface area (Å²) in [6.07, 6.45) is 0. The molecule has 0 aliphatic carbocycles. The average Bonchev–Trinajstić information content (AvgIpc) is 2.78. The molecule has 0 radical (unpaired) electrons. The summed E-state index contributed by atoms with van der Waals surface area (Å²) in [5, 5.41) is 0. The molecule has 0 saturated heterocycles. The van der Waals surface area contributed by atoms with Crippen LogP contribution in [0.25, 0.3) is 10.4 Å². The second-order valence-corrected chi connectivity index (χ2v) is 4.80. The Balaban J connectivity index is 2.44. The minimum absolute atomic E-state index is 0.370. The van der Waals surface area contributed by atoms with E-state index in [9.17, 15) is 4.79 Å². The van der Waals surface area contributed by atoms with Crippen LogP contribution in [0.3, 0.4) is 0 Å². The van der Waals surface area contributed by atoms with Gasteiger partial charge in [-0.1, -0.05) is 28.1 Å². The highest BCUT2D eigenvalue weighted by atomic mass is 79.9. The third kappa shape index (κ3) is 2.15. The zero-order valence-electron chi connectivity index (χ0n) is 8.44. The Kier molecular flexibility index (Phi) is 3.36. The van der Waals surface area contributed by atoms with E-state index in [2.05, 4.69) is 25.7 Å². The van der Waals surface area contributed by atoms with E-state index in [4.69, 9.17) is 0 Å². The van der Waals surface area contributed by atoms with Gasteiger partial charge in [-0.2, -0.15) is 0 Å². The molecule has 0 aliphatic rings. The molecule has 0 fully saturated rings. The number of aromatic nitrogens is 1. The molecular weight excluding hydrogens is 290 g/mol. The second-order valence-electron chi connectivity index (χ2n) is 3.03. The molecule has 3 nitrogen and oxygen atoms in total. The highest BCUT2D eigenvalue weighted by Gasteiger charge is 2.16. The minimum Gasteiger partial charge on any atom is -0.464 e. The van der Waals surface area contributed by atoms with Crippen LogP contribution < -0.4 is 0 Å². The standard InChI is InChI=1S/C11H8BrNO2S/c1-15-11(14)9-10(16-6-13-9)7-2-4-8(12)5-3-7/h2-6H,1H3. The van der Waals surface area contributed by atoms with Gasteiger partial charge in [-0.05, 0) is 17.7 Å². The van der Waals surface area contributed by atoms with Crippen LogP contribution in [0.15, 0.2) is 34.2 Å². The number of halogens is 1. The molecule has 2 rings (SSSR count). The summed E-state index contributed by atoms with van der Waals surface area (Å²) < 4.78 is 5.68. The van der Waals surface area contributed by atoms with E-state index in [1.54, 1.807) is 5.51 Å². The number of ether oxygens (including phenoxy) is 1. The molecule has 0 N–H and O–H groups in total. The molecule has 16 heavy (non-hydrogen) atoms. The molecule has 0 amide bonds. The predicted octanol–water partition coefficient (Wildman–Crippen LogP) is 3.36. The molecule has 0 unspecified atom stereocenters. The van der Waals surface area contributed by atoms with Crippen LogP contribution in [0.5, 0.6) is 0 Å². The van der Waals surface area contributed by atoms with Crippen molar-refractivity contribution in [3.05, 3.63) is 39.9 Å². The van der Waals surface area contributed by atoms with Crippen molar-refractivity contribution in [2.45, 2.75) is 0 Å². The fourth-order valence-electron chi connectivity index (χ4n) is 1.29. The van der Waals surface area contributed by atoms with Gasteiger partial charge < -0.3 is 4.74 Å². The van der Waals surface area contributed by atoms with Gasteiger partial charge in [0.05, 0.1) is 17.5 Å². The highest BCUT2D eigenvalue weighted by Crippen LogP contribution is 2.29. The van der Waals surface area contributed by atoms with E-state index in [-0.39, 0.29) is 0 Å². The third-order valence-corrected chi connectivity index (χ3v) is 3.46. The van der Waals surface area contributed by atoms with Crippen LogP contribution >= 0.6 is 27.3 Å². The summed E-state index contributed by atoms with van der Waals surface area (Å²) in [6.45, 7) is 0. The Morgan fingerprint density at radius 3 is 2.69 bits per heavy atom. The highest BCUT2D eigenvalue weighted by molar-refractivity contribution is 9.10. The number of methoxy groups -OCH3 is 1. The van der Waals surface area contributed by atoms with Crippen molar-refractivity contribution >= 4 is 33.2 Å². The van der Waals surface area contributed by atoms with Crippen molar-refractivity contribution in [2.24, 2.45) is 0 Å². The van der Waals surface area contributed by atoms with E-state index in [0.717, 1.165) is 14.9 Å². The normalized spacial score (nSPS) is 10.1. The smallest absolute Gasteiger partial charge is 0.358 e. The number of benzene rings is 1. The van der Waals surface area contributed by atoms with Gasteiger partial charge in [0, 0.05) is 4.47 Å². The van der Waals surface area contributed by atoms with Crippen molar-refractivity contribution in [3.8, 4) is 10.4 Å². The molecule has 0 aliphatic heterocycles. The molecule has 0 atom stereocenters. The molecule has 5 heteroatoms. The van der Waals surface area contributed by atoms with Gasteiger partial charge in [0.1, 0.15) is 0 Å². The minimum atomic E-state index is -0.404. The topological polar surface area (TPSA) is 39.2 Å². The monoisotopic (exact) mass is 297 g/mol. The number of rotatable bonds is 2. The van der Waals surface area contributed by atoms with Crippen molar-refractivity contribution in [3.63, 3.8) is 0 Å². The second kappa shape index (κ2) is 4.76. The van der Waals surface area contributed by atoms with Gasteiger partial charge in [-0.3, -0.25) is 0 Å². The molecule has 1 heterocycles. The Morgan fingerprint density at radius 2 is 2.06 bits per heavy atom. The van der Waals surface area contributed by atoms with E-state index in [1.807, 2.05) is 24.3 Å². The summed E-state index contributed by atoms with van der Waals surface area (Å²) in [6, 6.07) is 7.72. The molecule has 1 aromatic heterocycles. The molecule has 1 aromatic carbocycles. The Bertz CT molecular complexity index is 507. The van der Waals surface area contributed by atoms with Crippen molar-refractivity contribution in [1.29, 1.82) is 0 Å². The summed E-state index contributed by atoms with van der Waals surface area (Å²) in [5.41, 5.74) is 2.98. The Labute approximate surface area is 105 Å². The van der Waals surface area contributed by atoms with E-state index in [0.29, 0.717) is 5.69 Å². The maximum absolute atomic E-state index is 11.4. The molecule has 82 valence electrons. The number of hydrogen-bond donors (Lipinski definition) is 0. The Morgan fingerprint density at radius 1 is 1.38 bits per heavy atom. The summed E-state index contributed by atoms with van der Waals surface area (Å²) in [7, 11) is 1.35. The first-order valence-corrected chi connectivity index (χ1v) is 6.17. The van der Waals surface area contributed by atoms with E-state index >= 15 is 0 Å². The number of thiazole rings is 1. The zero-order chi connectivity index (χ0) is 11.5. The van der Waals surface area contributed by atoms with Crippen LogP contribution in [0.2, 0.25) is 0 Å². The number of carbonyl (C=O) groups excluding carboxylic acids is 1. The quantitative estimate of drug-likeness (QED) is 0.798. The Hall–Kier alpha value is -1.20. The average molecular weight is 298 g/mol. The first-order chi connectivity index (χ1) is 7.72. The van der Waals surface area contributed by atoms with Crippen LogP contribution in [0.1, 0.15) is 10.5 Å². The molecule has 0 spiro atoms. The maximum atomic E-state index is 11.4. The van der Waals surface area contributed by atoms with Crippen LogP contribution in [0, 0.1) is 0 Å². The van der Waals surface area contributed by atoms with Crippen molar-refractivity contribution in [2.75, 3.05) is 7.11 Å². The number of hydrogen-bond acceptors (Lipinski definition) is 4. The van der Waals surface area contributed by atoms with Gasteiger partial charge in [-0.25, -0.2) is 9.78 Å². The van der Waals surface area contributed by atoms with E-state index in [1.165, 1.54) is 18.4 Å². The van der Waals surface area contributed by atoms with Gasteiger partial charge >= 0.3 is 5.97 Å². The van der Waals surface area contributed by atoms with Gasteiger partial charge in [0.2, 0.25) is 0 Å². The van der Waals surface area contributed by atoms with Crippen LogP contribution in [-0.2, 0) is 4.74 Å². The van der Waals surface area contributed by atoms with Gasteiger partial charge in [-0.15, -0.1) is 11.3 Å². The number of carbonyl (C=O) groups is 1.